The zero-order valence-corrected chi connectivity index (χ0v) is 33.4. The van der Waals surface area contributed by atoms with Crippen LogP contribution in [0.5, 0.6) is 0 Å². The summed E-state index contributed by atoms with van der Waals surface area (Å²) in [5.74, 6) is -3.31. The Balaban J connectivity index is 1.17. The Morgan fingerprint density at radius 2 is 1.83 bits per heavy atom. The molecule has 5 amide bonds. The third kappa shape index (κ3) is 8.08. The number of hydrogen-bond donors (Lipinski definition) is 3. The molecular formula is C37H48N6O8S3. The summed E-state index contributed by atoms with van der Waals surface area (Å²) in [6.45, 7) is 7.80. The molecule has 2 saturated carbocycles. The van der Waals surface area contributed by atoms with E-state index in [1.807, 2.05) is 31.2 Å². The number of thiophene rings is 1. The molecule has 17 heteroatoms. The quantitative estimate of drug-likeness (QED) is 0.364. The number of thiazole rings is 1. The fourth-order valence-corrected chi connectivity index (χ4v) is 11.0. The first-order valence-electron chi connectivity index (χ1n) is 18.7. The maximum absolute atomic E-state index is 14.6. The van der Waals surface area contributed by atoms with Crippen molar-refractivity contribution in [3.63, 3.8) is 0 Å². The summed E-state index contributed by atoms with van der Waals surface area (Å²) in [5, 5.41) is 7.54. The lowest BCUT2D eigenvalue weighted by Crippen LogP contribution is -2.60. The molecule has 7 rings (SSSR count). The van der Waals surface area contributed by atoms with E-state index in [9.17, 15) is 32.4 Å². The molecule has 5 aliphatic rings. The lowest BCUT2D eigenvalue weighted by Gasteiger charge is -2.33. The molecule has 0 aromatic carbocycles. The molecule has 5 heterocycles. The second-order valence-corrected chi connectivity index (χ2v) is 20.3. The van der Waals surface area contributed by atoms with E-state index in [0.29, 0.717) is 37.8 Å². The lowest BCUT2D eigenvalue weighted by molar-refractivity contribution is -0.142. The molecule has 3 aliphatic heterocycles. The number of aromatic nitrogens is 1. The van der Waals surface area contributed by atoms with Gasteiger partial charge in [-0.1, -0.05) is 25.0 Å². The lowest BCUT2D eigenvalue weighted by atomic mass is 9.93. The SMILES string of the molecule is Cc1ccc(-c2nc(C(=O)N3C[C@H]4CN5C(=O)[C@@H](NC(=O)OC(C)(C)C)CCCCC/C=C\[C@H]6C[C@@]6(C(=O)NS(=O)(=O)C6CC6)NC(=O)[C@@H]5[C@H]4C3)cs2)s1. The molecule has 0 radical (unpaired) electrons. The van der Waals surface area contributed by atoms with Gasteiger partial charge in [-0.05, 0) is 78.4 Å². The van der Waals surface area contributed by atoms with Gasteiger partial charge in [0.1, 0.15) is 33.9 Å². The molecule has 6 atom stereocenters. The number of fused-ring (bicyclic) bond motifs is 4. The molecule has 2 aromatic heterocycles. The predicted molar refractivity (Wildman–Crippen MR) is 203 cm³/mol. The molecule has 2 aliphatic carbocycles. The molecular weight excluding hydrogens is 753 g/mol. The number of nitrogens with one attached hydrogen (secondary N) is 3. The number of ether oxygens (including phenoxy) is 1. The van der Waals surface area contributed by atoms with Crippen molar-refractivity contribution in [3.8, 4) is 9.88 Å². The van der Waals surface area contributed by atoms with Gasteiger partial charge < -0.3 is 25.2 Å². The van der Waals surface area contributed by atoms with Gasteiger partial charge in [0.15, 0.2) is 0 Å². The van der Waals surface area contributed by atoms with E-state index in [2.05, 4.69) is 20.3 Å². The Bertz CT molecular complexity index is 1970. The Morgan fingerprint density at radius 3 is 2.54 bits per heavy atom. The van der Waals surface area contributed by atoms with E-state index in [1.165, 1.54) is 16.2 Å². The van der Waals surface area contributed by atoms with Crippen molar-refractivity contribution in [2.45, 2.75) is 108 Å². The highest BCUT2D eigenvalue weighted by molar-refractivity contribution is 7.91. The average molecular weight is 801 g/mol. The van der Waals surface area contributed by atoms with E-state index in [-0.39, 0.29) is 37.9 Å². The summed E-state index contributed by atoms with van der Waals surface area (Å²) in [7, 11) is -3.90. The van der Waals surface area contributed by atoms with Crippen LogP contribution in [0.15, 0.2) is 29.7 Å². The molecule has 0 bridgehead atoms. The number of carbonyl (C=O) groups is 5. The van der Waals surface area contributed by atoms with E-state index in [1.54, 1.807) is 42.4 Å². The van der Waals surface area contributed by atoms with E-state index >= 15 is 0 Å². The van der Waals surface area contributed by atoms with Gasteiger partial charge in [0, 0.05) is 47.6 Å². The normalized spacial score (nSPS) is 29.5. The van der Waals surface area contributed by atoms with Gasteiger partial charge in [0.25, 0.3) is 11.8 Å². The van der Waals surface area contributed by atoms with E-state index in [0.717, 1.165) is 27.6 Å². The number of amides is 5. The highest BCUT2D eigenvalue weighted by Crippen LogP contribution is 2.47. The molecule has 292 valence electrons. The minimum absolute atomic E-state index is 0.146. The molecule has 14 nitrogen and oxygen atoms in total. The number of hydrogen-bond acceptors (Lipinski definition) is 11. The summed E-state index contributed by atoms with van der Waals surface area (Å²) in [5.41, 5.74) is -2.00. The third-order valence-electron chi connectivity index (χ3n) is 10.9. The van der Waals surface area contributed by atoms with Gasteiger partial charge in [-0.3, -0.25) is 23.9 Å². The van der Waals surface area contributed by atoms with Gasteiger partial charge in [0.2, 0.25) is 21.8 Å². The fourth-order valence-electron chi connectivity index (χ4n) is 7.88. The smallest absolute Gasteiger partial charge is 0.408 e. The fraction of sp³-hybridized carbons (Fsp3) is 0.622. The van der Waals surface area contributed by atoms with Crippen LogP contribution in [0.3, 0.4) is 0 Å². The second kappa shape index (κ2) is 14.7. The van der Waals surface area contributed by atoms with Crippen molar-refractivity contribution in [1.29, 1.82) is 0 Å². The summed E-state index contributed by atoms with van der Waals surface area (Å²) in [6.07, 6.45) is 7.44. The largest absolute Gasteiger partial charge is 0.444 e. The van der Waals surface area contributed by atoms with Crippen molar-refractivity contribution in [2.75, 3.05) is 19.6 Å². The van der Waals surface area contributed by atoms with Gasteiger partial charge in [-0.2, -0.15) is 0 Å². The number of nitrogens with zero attached hydrogens (tertiary/aromatic N) is 3. The highest BCUT2D eigenvalue weighted by atomic mass is 32.2. The number of alkyl carbamates (subject to hydrolysis) is 1. The zero-order chi connectivity index (χ0) is 38.6. The van der Waals surface area contributed by atoms with Crippen molar-refractivity contribution in [2.24, 2.45) is 17.8 Å². The van der Waals surface area contributed by atoms with Crippen molar-refractivity contribution in [3.05, 3.63) is 40.2 Å². The van der Waals surface area contributed by atoms with E-state index < -0.39 is 74.1 Å². The predicted octanol–water partition coefficient (Wildman–Crippen LogP) is 3.98. The van der Waals surface area contributed by atoms with Gasteiger partial charge in [-0.25, -0.2) is 18.2 Å². The molecule has 2 saturated heterocycles. The van der Waals surface area contributed by atoms with Crippen LogP contribution in [0.25, 0.3) is 9.88 Å². The van der Waals surface area contributed by atoms with Crippen LogP contribution in [-0.4, -0.2) is 101 Å². The Labute approximate surface area is 323 Å². The zero-order valence-electron chi connectivity index (χ0n) is 31.0. The van der Waals surface area contributed by atoms with Crippen LogP contribution < -0.4 is 15.4 Å². The second-order valence-electron chi connectivity index (χ2n) is 16.2. The van der Waals surface area contributed by atoms with Crippen LogP contribution in [0, 0.1) is 24.7 Å². The Hall–Kier alpha value is -3.83. The molecule has 0 spiro atoms. The number of likely N-dealkylation sites (tertiary alicyclic amines) is 1. The van der Waals surface area contributed by atoms with Crippen LogP contribution in [0.2, 0.25) is 0 Å². The maximum Gasteiger partial charge on any atom is 0.408 e. The maximum atomic E-state index is 14.6. The number of aryl methyl sites for hydroxylation is 1. The van der Waals surface area contributed by atoms with Crippen molar-refractivity contribution in [1.82, 2.24) is 30.1 Å². The van der Waals surface area contributed by atoms with Crippen LogP contribution >= 0.6 is 22.7 Å². The summed E-state index contributed by atoms with van der Waals surface area (Å²) < 4.78 is 33.5. The Morgan fingerprint density at radius 1 is 1.06 bits per heavy atom. The first-order valence-corrected chi connectivity index (χ1v) is 22.0. The minimum atomic E-state index is -3.90. The van der Waals surface area contributed by atoms with Gasteiger partial charge >= 0.3 is 6.09 Å². The van der Waals surface area contributed by atoms with Crippen LogP contribution in [0.4, 0.5) is 4.79 Å². The topological polar surface area (TPSA) is 184 Å². The highest BCUT2D eigenvalue weighted by Gasteiger charge is 2.63. The summed E-state index contributed by atoms with van der Waals surface area (Å²) >= 11 is 2.99. The number of sulfonamides is 1. The van der Waals surface area contributed by atoms with Crippen molar-refractivity contribution < 1.29 is 37.1 Å². The summed E-state index contributed by atoms with van der Waals surface area (Å²) in [6, 6.07) is 1.91. The van der Waals surface area contributed by atoms with Crippen LogP contribution in [0.1, 0.15) is 87.5 Å². The molecule has 3 N–H and O–H groups in total. The molecule has 4 fully saturated rings. The third-order valence-corrected chi connectivity index (χ3v) is 14.7. The molecule has 54 heavy (non-hydrogen) atoms. The number of allylic oxidation sites excluding steroid dienone is 1. The van der Waals surface area contributed by atoms with E-state index in [4.69, 9.17) is 4.74 Å². The van der Waals surface area contributed by atoms with Crippen LogP contribution in [-0.2, 0) is 29.1 Å². The monoisotopic (exact) mass is 800 g/mol. The number of carbonyl (C=O) groups excluding carboxylic acids is 5. The Kier molecular flexibility index (Phi) is 10.4. The standard InChI is InChI=1S/C37H48N6O8S3/c1-21-12-15-28(53-21)31-38-27(20-52-31)32(45)42-17-22-18-43-29(25(22)19-42)30(44)40-37(34(47)41-54(49,50)24-13-14-24)16-23(37)10-8-6-5-7-9-11-26(33(43)46)39-35(48)51-36(2,3)4/h8,10,12,15,20,22-26,29H,5-7,9,11,13-14,16-19H2,1-4H3,(H,39,48)(H,40,44)(H,41,47)/b10-8-/t22-,23-,25-,26-,29-,37+/m0/s1. The summed E-state index contributed by atoms with van der Waals surface area (Å²) in [4.78, 5) is 79.6. The molecule has 0 unspecified atom stereocenters. The molecule has 2 aromatic rings. The van der Waals surface area contributed by atoms with Gasteiger partial charge in [0.05, 0.1) is 10.1 Å². The average Bonchev–Trinajstić information content (AvgIpc) is 3.80. The van der Waals surface area contributed by atoms with Gasteiger partial charge in [-0.15, -0.1) is 22.7 Å². The first kappa shape index (κ1) is 38.4. The number of rotatable bonds is 6. The van der Waals surface area contributed by atoms with Crippen molar-refractivity contribution >= 4 is 62.4 Å². The first-order chi connectivity index (χ1) is 25.5. The minimum Gasteiger partial charge on any atom is -0.444 e.